The van der Waals surface area contributed by atoms with Gasteiger partial charge in [0.25, 0.3) is 0 Å². The number of aryl methyl sites for hydroxylation is 2. The molecule has 2 N–H and O–H groups in total. The Morgan fingerprint density at radius 3 is 2.39 bits per heavy atom. The largest absolute Gasteiger partial charge is 0.497 e. The number of benzene rings is 2. The first-order valence-corrected chi connectivity index (χ1v) is 8.91. The van der Waals surface area contributed by atoms with Crippen LogP contribution in [-0.4, -0.2) is 16.9 Å². The van der Waals surface area contributed by atoms with E-state index in [-0.39, 0.29) is 11.8 Å². The lowest BCUT2D eigenvalue weighted by Crippen LogP contribution is -2.22. The minimum Gasteiger partial charge on any atom is -0.497 e. The number of methoxy groups -OCH3 is 1. The second kappa shape index (κ2) is 6.78. The van der Waals surface area contributed by atoms with Gasteiger partial charge >= 0.3 is 0 Å². The highest BCUT2D eigenvalue weighted by atomic mass is 16.5. The summed E-state index contributed by atoms with van der Waals surface area (Å²) < 4.78 is 12.8. The quantitative estimate of drug-likeness (QED) is 0.757. The minimum absolute atomic E-state index is 0.107. The Kier molecular flexibility index (Phi) is 4.28. The first kappa shape index (κ1) is 17.7. The number of aromatic nitrogens is 2. The first-order valence-electron chi connectivity index (χ1n) is 8.91. The van der Waals surface area contributed by atoms with Gasteiger partial charge in [-0.3, -0.25) is 0 Å². The molecule has 6 nitrogen and oxygen atoms in total. The summed E-state index contributed by atoms with van der Waals surface area (Å²) in [7, 11) is 1.62. The fraction of sp³-hybridized carbons (Fsp3) is 0.182. The van der Waals surface area contributed by atoms with Crippen LogP contribution in [0.1, 0.15) is 28.3 Å². The van der Waals surface area contributed by atoms with Gasteiger partial charge in [0.1, 0.15) is 17.4 Å². The summed E-state index contributed by atoms with van der Waals surface area (Å²) in [4.78, 5) is 0. The molecule has 4 rings (SSSR count). The van der Waals surface area contributed by atoms with E-state index in [1.165, 1.54) is 0 Å². The van der Waals surface area contributed by atoms with Crippen LogP contribution in [0.3, 0.4) is 0 Å². The third-order valence-corrected chi connectivity index (χ3v) is 4.96. The van der Waals surface area contributed by atoms with Crippen LogP contribution >= 0.6 is 0 Å². The fourth-order valence-electron chi connectivity index (χ4n) is 3.50. The van der Waals surface area contributed by atoms with Crippen molar-refractivity contribution in [2.45, 2.75) is 19.8 Å². The van der Waals surface area contributed by atoms with Crippen LogP contribution < -0.4 is 15.2 Å². The smallest absolute Gasteiger partial charge is 0.229 e. The van der Waals surface area contributed by atoms with Gasteiger partial charge in [-0.15, -0.1) is 0 Å². The summed E-state index contributed by atoms with van der Waals surface area (Å²) in [6, 6.07) is 17.8. The Balaban J connectivity index is 1.90. The summed E-state index contributed by atoms with van der Waals surface area (Å²) in [6.45, 7) is 3.95. The summed E-state index contributed by atoms with van der Waals surface area (Å²) in [6.07, 6.45) is 0. The topological polar surface area (TPSA) is 86.1 Å². The Morgan fingerprint density at radius 1 is 1.11 bits per heavy atom. The van der Waals surface area contributed by atoms with Crippen LogP contribution in [0, 0.1) is 25.2 Å². The third-order valence-electron chi connectivity index (χ3n) is 4.96. The molecule has 0 fully saturated rings. The maximum atomic E-state index is 9.74. The lowest BCUT2D eigenvalue weighted by Gasteiger charge is -2.25. The predicted octanol–water partition coefficient (Wildman–Crippen LogP) is 3.72. The van der Waals surface area contributed by atoms with Gasteiger partial charge in [-0.25, -0.2) is 4.68 Å². The minimum atomic E-state index is -0.318. The maximum Gasteiger partial charge on any atom is 0.229 e. The Morgan fingerprint density at radius 2 is 1.79 bits per heavy atom. The molecule has 28 heavy (non-hydrogen) atoms. The average molecular weight is 372 g/mol. The normalized spacial score (nSPS) is 15.6. The SMILES string of the molecule is COc1ccc(-n2nc(C)c3c2OC(N)=C(C#N)[C@@H]3c2ccc(C)cc2)cc1. The second-order valence-corrected chi connectivity index (χ2v) is 6.75. The van der Waals surface area contributed by atoms with Crippen LogP contribution in [0.5, 0.6) is 11.6 Å². The Hall–Kier alpha value is -3.72. The van der Waals surface area contributed by atoms with E-state index in [4.69, 9.17) is 15.2 Å². The van der Waals surface area contributed by atoms with Crippen LogP contribution in [0.15, 0.2) is 60.0 Å². The lowest BCUT2D eigenvalue weighted by atomic mass is 9.84. The van der Waals surface area contributed by atoms with E-state index in [1.54, 1.807) is 11.8 Å². The van der Waals surface area contributed by atoms with Crippen molar-refractivity contribution in [3.8, 4) is 23.4 Å². The maximum absolute atomic E-state index is 9.74. The van der Waals surface area contributed by atoms with Crippen LogP contribution in [0.4, 0.5) is 0 Å². The van der Waals surface area contributed by atoms with Crippen molar-refractivity contribution in [2.24, 2.45) is 5.73 Å². The van der Waals surface area contributed by atoms with Crippen molar-refractivity contribution in [2.75, 3.05) is 7.11 Å². The van der Waals surface area contributed by atoms with Gasteiger partial charge in [0.15, 0.2) is 0 Å². The highest BCUT2D eigenvalue weighted by Crippen LogP contribution is 2.44. The molecule has 2 heterocycles. The number of allylic oxidation sites excluding steroid dienone is 1. The molecular weight excluding hydrogens is 352 g/mol. The molecular formula is C22H20N4O2. The molecule has 1 aliphatic heterocycles. The standard InChI is InChI=1S/C22H20N4O2/c1-13-4-6-15(7-5-13)20-18(12-23)21(24)28-22-19(20)14(2)25-26(22)16-8-10-17(27-3)11-9-16/h4-11,20H,24H2,1-3H3/t20-/m0/s1. The van der Waals surface area contributed by atoms with E-state index in [0.29, 0.717) is 11.5 Å². The highest BCUT2D eigenvalue weighted by molar-refractivity contribution is 5.57. The van der Waals surface area contributed by atoms with Crippen molar-refractivity contribution in [3.05, 3.63) is 82.4 Å². The summed E-state index contributed by atoms with van der Waals surface area (Å²) in [5.41, 5.74) is 11.1. The molecule has 0 spiro atoms. The molecule has 2 aromatic carbocycles. The zero-order valence-electron chi connectivity index (χ0n) is 15.9. The molecule has 3 aromatic rings. The monoisotopic (exact) mass is 372 g/mol. The van der Waals surface area contributed by atoms with Crippen molar-refractivity contribution in [1.29, 1.82) is 5.26 Å². The molecule has 0 saturated heterocycles. The summed E-state index contributed by atoms with van der Waals surface area (Å²) in [5.74, 6) is 1.08. The summed E-state index contributed by atoms with van der Waals surface area (Å²) >= 11 is 0. The zero-order valence-corrected chi connectivity index (χ0v) is 15.9. The van der Waals surface area contributed by atoms with Gasteiger partial charge in [0, 0.05) is 0 Å². The van der Waals surface area contributed by atoms with E-state index in [1.807, 2.05) is 62.4 Å². The number of nitrogens with zero attached hydrogens (tertiary/aromatic N) is 3. The number of fused-ring (bicyclic) bond motifs is 1. The number of ether oxygens (including phenoxy) is 2. The van der Waals surface area contributed by atoms with Gasteiger partial charge in [-0.1, -0.05) is 29.8 Å². The molecule has 0 amide bonds. The van der Waals surface area contributed by atoms with Crippen LogP contribution in [0.25, 0.3) is 5.69 Å². The third kappa shape index (κ3) is 2.78. The molecule has 0 radical (unpaired) electrons. The number of hydrogen-bond donors (Lipinski definition) is 1. The van der Waals surface area contributed by atoms with Gasteiger partial charge in [-0.05, 0) is 43.7 Å². The summed E-state index contributed by atoms with van der Waals surface area (Å²) in [5, 5.41) is 14.4. The van der Waals surface area contributed by atoms with Gasteiger partial charge in [0.05, 0.1) is 30.0 Å². The van der Waals surface area contributed by atoms with Gasteiger partial charge < -0.3 is 15.2 Å². The number of nitrogens with two attached hydrogens (primary N) is 1. The molecule has 0 bridgehead atoms. The van der Waals surface area contributed by atoms with E-state index in [0.717, 1.165) is 33.8 Å². The van der Waals surface area contributed by atoms with Crippen molar-refractivity contribution in [1.82, 2.24) is 9.78 Å². The first-order chi connectivity index (χ1) is 13.5. The Bertz CT molecular complexity index is 1100. The molecule has 140 valence electrons. The van der Waals surface area contributed by atoms with E-state index in [2.05, 4.69) is 11.2 Å². The van der Waals surface area contributed by atoms with E-state index >= 15 is 0 Å². The molecule has 1 aromatic heterocycles. The Labute approximate surface area is 163 Å². The highest BCUT2D eigenvalue weighted by Gasteiger charge is 2.36. The number of rotatable bonds is 3. The van der Waals surface area contributed by atoms with Crippen molar-refractivity contribution >= 4 is 0 Å². The van der Waals surface area contributed by atoms with Gasteiger partial charge in [0.2, 0.25) is 11.8 Å². The number of nitriles is 1. The predicted molar refractivity (Wildman–Crippen MR) is 105 cm³/mol. The van der Waals surface area contributed by atoms with Crippen LogP contribution in [0.2, 0.25) is 0 Å². The fourth-order valence-corrected chi connectivity index (χ4v) is 3.50. The van der Waals surface area contributed by atoms with Crippen LogP contribution in [-0.2, 0) is 0 Å². The zero-order chi connectivity index (χ0) is 19.8. The van der Waals surface area contributed by atoms with E-state index in [9.17, 15) is 5.26 Å². The van der Waals surface area contributed by atoms with Gasteiger partial charge in [-0.2, -0.15) is 10.4 Å². The average Bonchev–Trinajstić information content (AvgIpc) is 3.03. The molecule has 0 aliphatic carbocycles. The molecule has 0 saturated carbocycles. The van der Waals surface area contributed by atoms with Crippen molar-refractivity contribution in [3.63, 3.8) is 0 Å². The molecule has 6 heteroatoms. The number of hydrogen-bond acceptors (Lipinski definition) is 5. The van der Waals surface area contributed by atoms with Crippen molar-refractivity contribution < 1.29 is 9.47 Å². The van der Waals surface area contributed by atoms with E-state index < -0.39 is 0 Å². The lowest BCUT2D eigenvalue weighted by molar-refractivity contribution is 0.367. The molecule has 1 atom stereocenters. The molecule has 1 aliphatic rings. The molecule has 0 unspecified atom stereocenters. The second-order valence-electron chi connectivity index (χ2n) is 6.75.